The summed E-state index contributed by atoms with van der Waals surface area (Å²) in [6, 6.07) is 11.9. The minimum atomic E-state index is -3.57. The number of ether oxygens (including phenoxy) is 1. The number of anilines is 1. The number of carbonyl (C=O) groups is 1. The van der Waals surface area contributed by atoms with Crippen molar-refractivity contribution in [2.75, 3.05) is 17.8 Å². The highest BCUT2D eigenvalue weighted by Gasteiger charge is 2.31. The van der Waals surface area contributed by atoms with E-state index in [4.69, 9.17) is 14.3 Å². The molecule has 53 heavy (non-hydrogen) atoms. The van der Waals surface area contributed by atoms with Gasteiger partial charge < -0.3 is 20.4 Å². The Bertz CT molecular complexity index is 2080. The molecular weight excluding hydrogens is 697 g/mol. The molecule has 0 radical (unpaired) electrons. The first-order valence-corrected chi connectivity index (χ1v) is 19.9. The third-order valence-electron chi connectivity index (χ3n) is 9.81. The van der Waals surface area contributed by atoms with Crippen LogP contribution in [0.2, 0.25) is 0 Å². The Morgan fingerprint density at radius 2 is 1.75 bits per heavy atom. The Kier molecular flexibility index (Phi) is 11.2. The minimum absolute atomic E-state index is 0.0731. The molecule has 15 nitrogen and oxygen atoms in total. The van der Waals surface area contributed by atoms with Gasteiger partial charge in [0.05, 0.1) is 44.0 Å². The van der Waals surface area contributed by atoms with Crippen molar-refractivity contribution in [2.45, 2.75) is 104 Å². The summed E-state index contributed by atoms with van der Waals surface area (Å²) in [7, 11) is -3.57. The van der Waals surface area contributed by atoms with Crippen molar-refractivity contribution in [2.24, 2.45) is 10.4 Å². The van der Waals surface area contributed by atoms with E-state index in [0.29, 0.717) is 42.1 Å². The van der Waals surface area contributed by atoms with Gasteiger partial charge in [0.2, 0.25) is 5.95 Å². The maximum Gasteiger partial charge on any atom is 0.320 e. The van der Waals surface area contributed by atoms with E-state index < -0.39 is 21.6 Å². The van der Waals surface area contributed by atoms with Crippen LogP contribution in [0.1, 0.15) is 96.4 Å². The number of amides is 2. The molecule has 1 aliphatic carbocycles. The highest BCUT2D eigenvalue weighted by Crippen LogP contribution is 2.39. The van der Waals surface area contributed by atoms with Crippen LogP contribution >= 0.6 is 0 Å². The summed E-state index contributed by atoms with van der Waals surface area (Å²) in [5.41, 5.74) is 3.15. The van der Waals surface area contributed by atoms with Crippen molar-refractivity contribution >= 4 is 45.0 Å². The second kappa shape index (κ2) is 15.6. The minimum Gasteiger partial charge on any atom is -0.484 e. The van der Waals surface area contributed by atoms with Crippen molar-refractivity contribution in [3.63, 3.8) is 0 Å². The quantitative estimate of drug-likeness (QED) is 0.0927. The van der Waals surface area contributed by atoms with Crippen LogP contribution in [0, 0.1) is 10.8 Å². The zero-order chi connectivity index (χ0) is 37.9. The fraction of sp³-hybridized carbons (Fsp3) is 0.514. The predicted molar refractivity (Wildman–Crippen MR) is 204 cm³/mol. The third kappa shape index (κ3) is 9.40. The van der Waals surface area contributed by atoms with Crippen LogP contribution in [0.4, 0.5) is 16.4 Å². The number of hydrogen-bond donors (Lipinski definition) is 3. The highest BCUT2D eigenvalue weighted by atomic mass is 32.2. The third-order valence-corrected chi connectivity index (χ3v) is 10.4. The van der Waals surface area contributed by atoms with Crippen LogP contribution in [-0.2, 0) is 20.8 Å². The van der Waals surface area contributed by atoms with E-state index in [2.05, 4.69) is 49.7 Å². The van der Waals surface area contributed by atoms with Crippen molar-refractivity contribution in [1.82, 2.24) is 35.0 Å². The fourth-order valence-electron chi connectivity index (χ4n) is 6.95. The molecule has 3 aromatic heterocycles. The van der Waals surface area contributed by atoms with Gasteiger partial charge in [-0.3, -0.25) is 18.6 Å². The van der Waals surface area contributed by atoms with Gasteiger partial charge in [-0.05, 0) is 74.6 Å². The van der Waals surface area contributed by atoms with Gasteiger partial charge in [-0.2, -0.15) is 13.5 Å². The highest BCUT2D eigenvalue weighted by molar-refractivity contribution is 7.85. The molecule has 0 spiro atoms. The van der Waals surface area contributed by atoms with E-state index in [9.17, 15) is 13.2 Å². The number of amidine groups is 1. The summed E-state index contributed by atoms with van der Waals surface area (Å²) >= 11 is 0. The maximum atomic E-state index is 13.6. The summed E-state index contributed by atoms with van der Waals surface area (Å²) in [5.74, 6) is 1.84. The summed E-state index contributed by atoms with van der Waals surface area (Å²) in [5, 5.41) is 27.9. The average Bonchev–Trinajstić information content (AvgIpc) is 3.71. The molecule has 4 unspecified atom stereocenters. The van der Waals surface area contributed by atoms with Crippen LogP contribution in [0.25, 0.3) is 5.65 Å². The summed E-state index contributed by atoms with van der Waals surface area (Å²) in [6.45, 7) is 10.4. The Labute approximate surface area is 310 Å². The number of carbonyl (C=O) groups excluding carboxylic acids is 1. The van der Waals surface area contributed by atoms with Gasteiger partial charge in [0.1, 0.15) is 23.4 Å². The molecule has 1 aromatic carbocycles. The van der Waals surface area contributed by atoms with E-state index in [1.54, 1.807) is 6.20 Å². The SMILES string of the molecule is CC1CCCC(C)N1c1nnc2ccc(OC3CCC(NC(=O)NC(CC(=N)C(C)(C)C)=Nc4cnn(CCOS(C)(=O)=O)c4)c4ccccc43)cn12. The van der Waals surface area contributed by atoms with E-state index in [1.807, 2.05) is 67.8 Å². The summed E-state index contributed by atoms with van der Waals surface area (Å²) < 4.78 is 37.6. The van der Waals surface area contributed by atoms with E-state index in [-0.39, 0.29) is 37.6 Å². The van der Waals surface area contributed by atoms with Crippen molar-refractivity contribution in [1.29, 1.82) is 5.41 Å². The molecule has 0 saturated carbocycles. The number of aromatic nitrogens is 5. The Balaban J connectivity index is 1.16. The molecule has 4 heterocycles. The smallest absolute Gasteiger partial charge is 0.320 e. The zero-order valence-electron chi connectivity index (χ0n) is 31.2. The van der Waals surface area contributed by atoms with Gasteiger partial charge in [-0.15, -0.1) is 10.2 Å². The molecule has 1 fully saturated rings. The number of benzene rings is 1. The monoisotopic (exact) mass is 746 g/mol. The van der Waals surface area contributed by atoms with Gasteiger partial charge in [0.25, 0.3) is 10.1 Å². The Morgan fingerprint density at radius 3 is 2.47 bits per heavy atom. The average molecular weight is 747 g/mol. The molecule has 2 aliphatic rings. The zero-order valence-corrected chi connectivity index (χ0v) is 32.1. The van der Waals surface area contributed by atoms with Crippen LogP contribution < -0.4 is 20.3 Å². The Hall–Kier alpha value is -4.83. The van der Waals surface area contributed by atoms with Crippen LogP contribution in [-0.4, -0.2) is 75.3 Å². The first kappa shape index (κ1) is 37.9. The molecule has 0 bridgehead atoms. The van der Waals surface area contributed by atoms with Crippen LogP contribution in [0.3, 0.4) is 0 Å². The number of hydrogen-bond acceptors (Lipinski definition) is 11. The lowest BCUT2D eigenvalue weighted by atomic mass is 9.85. The van der Waals surface area contributed by atoms with Crippen molar-refractivity contribution in [3.05, 3.63) is 66.1 Å². The van der Waals surface area contributed by atoms with Crippen LogP contribution in [0.15, 0.2) is 60.0 Å². The lowest BCUT2D eigenvalue weighted by molar-refractivity contribution is 0.171. The number of fused-ring (bicyclic) bond motifs is 2. The molecule has 16 heteroatoms. The molecule has 1 saturated heterocycles. The number of piperidine rings is 1. The van der Waals surface area contributed by atoms with Crippen molar-refractivity contribution < 1.29 is 22.1 Å². The normalized spacial score (nSPS) is 20.9. The number of aliphatic imine (C=N–C) groups is 1. The molecule has 2 amide bonds. The lowest BCUT2D eigenvalue weighted by Crippen LogP contribution is -2.44. The molecule has 4 aromatic rings. The first-order valence-electron chi connectivity index (χ1n) is 18.1. The van der Waals surface area contributed by atoms with E-state index in [1.165, 1.54) is 17.3 Å². The molecule has 3 N–H and O–H groups in total. The van der Waals surface area contributed by atoms with Gasteiger partial charge in [-0.25, -0.2) is 9.79 Å². The van der Waals surface area contributed by atoms with Crippen molar-refractivity contribution in [3.8, 4) is 5.75 Å². The second-order valence-electron chi connectivity index (χ2n) is 15.0. The van der Waals surface area contributed by atoms with E-state index in [0.717, 1.165) is 41.8 Å². The largest absolute Gasteiger partial charge is 0.484 e. The maximum absolute atomic E-state index is 13.6. The van der Waals surface area contributed by atoms with E-state index >= 15 is 0 Å². The second-order valence-corrected chi connectivity index (χ2v) is 16.7. The number of rotatable bonds is 11. The standard InChI is InChI=1S/C37H50N10O5S/c1-24-10-9-11-25(2)47(24)36-44-43-34-17-14-27(23-46(34)36)52-31-16-15-30(28-12-7-8-13-29(28)31)41-35(48)42-33(20-32(38)37(3,4)5)40-26-21-39-45(22-26)18-19-51-53(6,49)50/h7-8,12-14,17,21-25,30-31,38H,9-11,15-16,18-20H2,1-6H3,(H2,40,41,42,48). The van der Waals surface area contributed by atoms with Gasteiger partial charge >= 0.3 is 6.03 Å². The molecule has 4 atom stereocenters. The number of nitrogens with zero attached hydrogens (tertiary/aromatic N) is 7. The molecule has 6 rings (SSSR count). The lowest BCUT2D eigenvalue weighted by Gasteiger charge is -2.39. The van der Waals surface area contributed by atoms with Gasteiger partial charge in [-0.1, -0.05) is 45.0 Å². The first-order chi connectivity index (χ1) is 25.1. The molecule has 284 valence electrons. The number of pyridine rings is 1. The molecular formula is C37H50N10O5S. The van der Waals surface area contributed by atoms with Gasteiger partial charge in [0, 0.05) is 24.2 Å². The van der Waals surface area contributed by atoms with Gasteiger partial charge in [0.15, 0.2) is 5.65 Å². The van der Waals surface area contributed by atoms with Crippen LogP contribution in [0.5, 0.6) is 5.75 Å². The summed E-state index contributed by atoms with van der Waals surface area (Å²) in [6.07, 6.45) is 10.8. The predicted octanol–water partition coefficient (Wildman–Crippen LogP) is 6.11. The Morgan fingerprint density at radius 1 is 1.02 bits per heavy atom. The molecule has 1 aliphatic heterocycles. The summed E-state index contributed by atoms with van der Waals surface area (Å²) in [4.78, 5) is 20.5. The topological polar surface area (TPSA) is 181 Å². The number of nitrogens with one attached hydrogen (secondary N) is 3. The number of urea groups is 1. The fourth-order valence-corrected chi connectivity index (χ4v) is 7.33.